The largest absolute Gasteiger partial charge is 0.330 e. The Morgan fingerprint density at radius 1 is 1.39 bits per heavy atom. The first kappa shape index (κ1) is 16.2. The summed E-state index contributed by atoms with van der Waals surface area (Å²) in [7, 11) is 2.20. The molecule has 0 amide bonds. The highest BCUT2D eigenvalue weighted by atomic mass is 79.9. The Bertz CT molecular complexity index is 349. The third-order valence-electron chi connectivity index (χ3n) is 3.24. The number of thiophene rings is 1. The highest BCUT2D eigenvalue weighted by Gasteiger charge is 2.14. The van der Waals surface area contributed by atoms with Gasteiger partial charge in [-0.25, -0.2) is 0 Å². The number of nitrogens with two attached hydrogens (primary N) is 1. The first-order chi connectivity index (χ1) is 8.43. The fourth-order valence-electron chi connectivity index (χ4n) is 1.87. The van der Waals surface area contributed by atoms with Crippen molar-refractivity contribution in [3.8, 4) is 0 Å². The van der Waals surface area contributed by atoms with Gasteiger partial charge in [0.15, 0.2) is 0 Å². The monoisotopic (exact) mass is 332 g/mol. The third-order valence-corrected chi connectivity index (χ3v) is 4.93. The molecule has 0 aliphatic carbocycles. The summed E-state index contributed by atoms with van der Waals surface area (Å²) in [5.41, 5.74) is 6.04. The first-order valence-corrected chi connectivity index (χ1v) is 8.22. The summed E-state index contributed by atoms with van der Waals surface area (Å²) in [6.45, 7) is 7.50. The number of nitrogens with zero attached hydrogens (tertiary/aromatic N) is 1. The molecule has 1 rings (SSSR count). The van der Waals surface area contributed by atoms with Crippen molar-refractivity contribution in [3.05, 3.63) is 20.8 Å². The van der Waals surface area contributed by atoms with Gasteiger partial charge in [-0.2, -0.15) is 0 Å². The molecule has 0 fully saturated rings. The van der Waals surface area contributed by atoms with Crippen molar-refractivity contribution in [1.29, 1.82) is 0 Å². The summed E-state index contributed by atoms with van der Waals surface area (Å²) in [5, 5.41) is 2.15. The quantitative estimate of drug-likeness (QED) is 0.726. The fraction of sp³-hybridized carbons (Fsp3) is 0.714. The van der Waals surface area contributed by atoms with E-state index in [2.05, 4.69) is 53.2 Å². The van der Waals surface area contributed by atoms with Crippen LogP contribution >= 0.6 is 27.3 Å². The van der Waals surface area contributed by atoms with Crippen molar-refractivity contribution < 1.29 is 0 Å². The lowest BCUT2D eigenvalue weighted by atomic mass is 9.87. The van der Waals surface area contributed by atoms with Crippen molar-refractivity contribution in [1.82, 2.24) is 4.90 Å². The van der Waals surface area contributed by atoms with Crippen molar-refractivity contribution >= 4 is 27.3 Å². The van der Waals surface area contributed by atoms with E-state index in [0.717, 1.165) is 19.6 Å². The summed E-state index contributed by atoms with van der Waals surface area (Å²) in [5.74, 6) is 0. The van der Waals surface area contributed by atoms with E-state index in [9.17, 15) is 0 Å². The highest BCUT2D eigenvalue weighted by Crippen LogP contribution is 2.22. The summed E-state index contributed by atoms with van der Waals surface area (Å²) < 4.78 is 1.19. The number of halogens is 1. The molecule has 0 bridgehead atoms. The molecule has 1 aromatic rings. The van der Waals surface area contributed by atoms with Gasteiger partial charge >= 0.3 is 0 Å². The molecule has 1 heterocycles. The van der Waals surface area contributed by atoms with Gasteiger partial charge in [-0.3, -0.25) is 0 Å². The van der Waals surface area contributed by atoms with E-state index in [4.69, 9.17) is 5.73 Å². The number of hydrogen-bond donors (Lipinski definition) is 1. The lowest BCUT2D eigenvalue weighted by Crippen LogP contribution is -2.24. The van der Waals surface area contributed by atoms with Gasteiger partial charge in [0.05, 0.1) is 0 Å². The van der Waals surface area contributed by atoms with E-state index in [0.29, 0.717) is 5.41 Å². The lowest BCUT2D eigenvalue weighted by molar-refractivity contribution is 0.290. The van der Waals surface area contributed by atoms with Crippen LogP contribution in [0.4, 0.5) is 0 Å². The van der Waals surface area contributed by atoms with E-state index in [1.54, 1.807) is 0 Å². The minimum Gasteiger partial charge on any atom is -0.330 e. The van der Waals surface area contributed by atoms with Crippen LogP contribution in [0.5, 0.6) is 0 Å². The Morgan fingerprint density at radius 3 is 2.67 bits per heavy atom. The maximum atomic E-state index is 5.74. The summed E-state index contributed by atoms with van der Waals surface area (Å²) in [6.07, 6.45) is 3.75. The van der Waals surface area contributed by atoms with Gasteiger partial charge in [0.25, 0.3) is 0 Å². The number of hydrogen-bond acceptors (Lipinski definition) is 3. The van der Waals surface area contributed by atoms with Crippen molar-refractivity contribution in [3.63, 3.8) is 0 Å². The van der Waals surface area contributed by atoms with Crippen molar-refractivity contribution in [2.75, 3.05) is 20.1 Å². The second-order valence-electron chi connectivity index (χ2n) is 5.79. The molecule has 1 aromatic heterocycles. The molecule has 0 atom stereocenters. The molecule has 2 N–H and O–H groups in total. The number of unbranched alkanes of at least 4 members (excludes halogenated alkanes) is 1. The van der Waals surface area contributed by atoms with Crippen LogP contribution in [-0.2, 0) is 6.54 Å². The smallest absolute Gasteiger partial charge is 0.0325 e. The van der Waals surface area contributed by atoms with Crippen molar-refractivity contribution in [2.45, 2.75) is 39.7 Å². The van der Waals surface area contributed by atoms with Crippen LogP contribution in [0.25, 0.3) is 0 Å². The zero-order valence-corrected chi connectivity index (χ0v) is 14.1. The van der Waals surface area contributed by atoms with Crippen LogP contribution in [0.3, 0.4) is 0 Å². The summed E-state index contributed by atoms with van der Waals surface area (Å²) >= 11 is 5.32. The SMILES string of the molecule is CN(CCCCC(C)(C)CN)Cc1cc(Br)cs1. The Morgan fingerprint density at radius 2 is 2.11 bits per heavy atom. The molecular weight excluding hydrogens is 308 g/mol. The zero-order valence-electron chi connectivity index (χ0n) is 11.7. The van der Waals surface area contributed by atoms with Gasteiger partial charge in [0.1, 0.15) is 0 Å². The van der Waals surface area contributed by atoms with Gasteiger partial charge in [-0.1, -0.05) is 20.3 Å². The van der Waals surface area contributed by atoms with E-state index < -0.39 is 0 Å². The predicted octanol–water partition coefficient (Wildman–Crippen LogP) is 4.10. The third kappa shape index (κ3) is 6.32. The van der Waals surface area contributed by atoms with E-state index >= 15 is 0 Å². The molecule has 0 spiro atoms. The average Bonchev–Trinajstić information content (AvgIpc) is 2.70. The molecule has 0 saturated heterocycles. The Hall–Kier alpha value is 0.1000. The Balaban J connectivity index is 2.16. The maximum Gasteiger partial charge on any atom is 0.0325 e. The molecule has 0 aliphatic heterocycles. The van der Waals surface area contributed by atoms with Gasteiger partial charge in [-0.15, -0.1) is 11.3 Å². The predicted molar refractivity (Wildman–Crippen MR) is 85.0 cm³/mol. The van der Waals surface area contributed by atoms with Crippen LogP contribution < -0.4 is 5.73 Å². The van der Waals surface area contributed by atoms with Gasteiger partial charge in [0.2, 0.25) is 0 Å². The molecular formula is C14H25BrN2S. The van der Waals surface area contributed by atoms with Gasteiger partial charge in [0, 0.05) is 21.3 Å². The van der Waals surface area contributed by atoms with Crippen LogP contribution in [-0.4, -0.2) is 25.0 Å². The van der Waals surface area contributed by atoms with Crippen molar-refractivity contribution in [2.24, 2.45) is 11.1 Å². The first-order valence-electron chi connectivity index (χ1n) is 6.54. The molecule has 18 heavy (non-hydrogen) atoms. The lowest BCUT2D eigenvalue weighted by Gasteiger charge is -2.23. The Labute approximate surface area is 124 Å². The van der Waals surface area contributed by atoms with Gasteiger partial charge < -0.3 is 10.6 Å². The number of rotatable bonds is 8. The van der Waals surface area contributed by atoms with E-state index in [-0.39, 0.29) is 0 Å². The average molecular weight is 333 g/mol. The fourth-order valence-corrected chi connectivity index (χ4v) is 3.40. The Kier molecular flexibility index (Phi) is 6.85. The molecule has 0 saturated carbocycles. The minimum atomic E-state index is 0.303. The molecule has 104 valence electrons. The molecule has 0 aromatic carbocycles. The second-order valence-corrected chi connectivity index (χ2v) is 7.71. The normalized spacial score (nSPS) is 12.3. The molecule has 0 aliphatic rings. The highest BCUT2D eigenvalue weighted by molar-refractivity contribution is 9.10. The van der Waals surface area contributed by atoms with E-state index in [1.807, 2.05) is 11.3 Å². The zero-order chi connectivity index (χ0) is 13.6. The van der Waals surface area contributed by atoms with Gasteiger partial charge in [-0.05, 0) is 60.4 Å². The summed E-state index contributed by atoms with van der Waals surface area (Å²) in [4.78, 5) is 3.82. The summed E-state index contributed by atoms with van der Waals surface area (Å²) in [6, 6.07) is 2.21. The molecule has 4 heteroatoms. The maximum absolute atomic E-state index is 5.74. The topological polar surface area (TPSA) is 29.3 Å². The van der Waals surface area contributed by atoms with Crippen LogP contribution in [0.1, 0.15) is 38.0 Å². The minimum absolute atomic E-state index is 0.303. The van der Waals surface area contributed by atoms with Crippen LogP contribution in [0, 0.1) is 5.41 Å². The van der Waals surface area contributed by atoms with E-state index in [1.165, 1.54) is 28.6 Å². The molecule has 2 nitrogen and oxygen atoms in total. The van der Waals surface area contributed by atoms with Crippen LogP contribution in [0.2, 0.25) is 0 Å². The molecule has 0 radical (unpaired) electrons. The molecule has 0 unspecified atom stereocenters. The standard InChI is InChI=1S/C14H25BrN2S/c1-14(2,11-16)6-4-5-7-17(3)9-13-8-12(15)10-18-13/h8,10H,4-7,9,11,16H2,1-3H3. The van der Waals surface area contributed by atoms with Crippen LogP contribution in [0.15, 0.2) is 15.9 Å². The second kappa shape index (κ2) is 7.63.